The molecule has 1 aliphatic rings. The summed E-state index contributed by atoms with van der Waals surface area (Å²) in [6, 6.07) is 9.35. The van der Waals surface area contributed by atoms with Crippen LogP contribution in [-0.4, -0.2) is 40.1 Å². The Bertz CT molecular complexity index is 662. The fourth-order valence-corrected chi connectivity index (χ4v) is 3.05. The van der Waals surface area contributed by atoms with E-state index in [0.29, 0.717) is 24.7 Å². The molecule has 1 aromatic carbocycles. The van der Waals surface area contributed by atoms with E-state index in [2.05, 4.69) is 10.1 Å². The maximum absolute atomic E-state index is 12.6. The maximum atomic E-state index is 12.6. The number of likely N-dealkylation sites (tertiary alicyclic amines) is 1. The molecule has 1 aliphatic heterocycles. The first-order valence-electron chi connectivity index (χ1n) is 8.02. The third-order valence-corrected chi connectivity index (χ3v) is 4.24. The average Bonchev–Trinajstić information content (AvgIpc) is 3.02. The first kappa shape index (κ1) is 18.4. The molecule has 7 heteroatoms. The van der Waals surface area contributed by atoms with Crippen molar-refractivity contribution in [2.45, 2.75) is 38.1 Å². The van der Waals surface area contributed by atoms with Crippen molar-refractivity contribution < 1.29 is 9.32 Å². The van der Waals surface area contributed by atoms with Gasteiger partial charge in [0.15, 0.2) is 5.82 Å². The Morgan fingerprint density at radius 2 is 2.17 bits per heavy atom. The zero-order valence-electron chi connectivity index (χ0n) is 13.7. The normalized spacial score (nSPS) is 18.8. The van der Waals surface area contributed by atoms with Crippen molar-refractivity contribution >= 4 is 18.3 Å². The summed E-state index contributed by atoms with van der Waals surface area (Å²) in [5.74, 6) is 1.36. The van der Waals surface area contributed by atoms with Gasteiger partial charge in [-0.2, -0.15) is 4.98 Å². The average molecular weight is 351 g/mol. The van der Waals surface area contributed by atoms with Gasteiger partial charge in [0.2, 0.25) is 11.8 Å². The molecule has 2 atom stereocenters. The number of rotatable bonds is 4. The van der Waals surface area contributed by atoms with Crippen LogP contribution in [0.15, 0.2) is 34.9 Å². The van der Waals surface area contributed by atoms with Gasteiger partial charge in [0.05, 0.1) is 12.0 Å². The number of aryl methyl sites for hydroxylation is 1. The molecule has 2 unspecified atom stereocenters. The molecule has 1 fully saturated rings. The first-order valence-corrected chi connectivity index (χ1v) is 8.02. The summed E-state index contributed by atoms with van der Waals surface area (Å²) in [7, 11) is 0. The molecule has 1 saturated heterocycles. The van der Waals surface area contributed by atoms with Crippen LogP contribution in [0, 0.1) is 6.92 Å². The molecular weight excluding hydrogens is 328 g/mol. The molecular formula is C17H23ClN4O2. The van der Waals surface area contributed by atoms with E-state index in [0.717, 1.165) is 24.9 Å². The number of benzene rings is 1. The third-order valence-electron chi connectivity index (χ3n) is 4.24. The van der Waals surface area contributed by atoms with Gasteiger partial charge in [-0.3, -0.25) is 4.79 Å². The van der Waals surface area contributed by atoms with Crippen molar-refractivity contribution in [3.8, 4) is 0 Å². The van der Waals surface area contributed by atoms with E-state index in [-0.39, 0.29) is 24.2 Å². The van der Waals surface area contributed by atoms with Gasteiger partial charge in [0, 0.05) is 13.1 Å². The molecule has 0 spiro atoms. The Balaban J connectivity index is 0.00000208. The Labute approximate surface area is 147 Å². The van der Waals surface area contributed by atoms with Gasteiger partial charge in [-0.25, -0.2) is 0 Å². The van der Waals surface area contributed by atoms with Crippen LogP contribution in [0.4, 0.5) is 0 Å². The highest BCUT2D eigenvalue weighted by molar-refractivity contribution is 5.85. The van der Waals surface area contributed by atoms with E-state index in [9.17, 15) is 4.79 Å². The topological polar surface area (TPSA) is 85.2 Å². The number of halogens is 1. The number of piperidine rings is 1. The predicted octanol–water partition coefficient (Wildman–Crippen LogP) is 2.08. The van der Waals surface area contributed by atoms with Crippen LogP contribution in [0.5, 0.6) is 0 Å². The summed E-state index contributed by atoms with van der Waals surface area (Å²) >= 11 is 0. The number of hydrogen-bond acceptors (Lipinski definition) is 5. The second kappa shape index (κ2) is 8.26. The van der Waals surface area contributed by atoms with E-state index in [4.69, 9.17) is 10.3 Å². The Morgan fingerprint density at radius 3 is 2.83 bits per heavy atom. The molecule has 0 bridgehead atoms. The monoisotopic (exact) mass is 350 g/mol. The Hall–Kier alpha value is -1.92. The molecule has 2 aromatic rings. The Morgan fingerprint density at radius 1 is 1.42 bits per heavy atom. The number of nitrogens with two attached hydrogens (primary N) is 1. The van der Waals surface area contributed by atoms with Crippen LogP contribution in [0.1, 0.15) is 36.0 Å². The summed E-state index contributed by atoms with van der Waals surface area (Å²) in [4.78, 5) is 18.7. The second-order valence-electron chi connectivity index (χ2n) is 6.10. The molecule has 2 N–H and O–H groups in total. The van der Waals surface area contributed by atoms with Crippen LogP contribution in [0.3, 0.4) is 0 Å². The Kier molecular flexibility index (Phi) is 6.34. The van der Waals surface area contributed by atoms with Crippen molar-refractivity contribution in [2.24, 2.45) is 5.73 Å². The van der Waals surface area contributed by atoms with Crippen LogP contribution >= 0.6 is 12.4 Å². The van der Waals surface area contributed by atoms with E-state index >= 15 is 0 Å². The van der Waals surface area contributed by atoms with Crippen molar-refractivity contribution in [1.29, 1.82) is 0 Å². The summed E-state index contributed by atoms with van der Waals surface area (Å²) in [6.45, 7) is 3.14. The molecule has 24 heavy (non-hydrogen) atoms. The highest BCUT2D eigenvalue weighted by Crippen LogP contribution is 2.26. The number of nitrogens with zero attached hydrogens (tertiary/aromatic N) is 3. The van der Waals surface area contributed by atoms with Gasteiger partial charge < -0.3 is 15.2 Å². The third kappa shape index (κ3) is 4.33. The van der Waals surface area contributed by atoms with E-state index in [1.54, 1.807) is 6.92 Å². The van der Waals surface area contributed by atoms with E-state index < -0.39 is 6.04 Å². The fourth-order valence-electron chi connectivity index (χ4n) is 3.05. The van der Waals surface area contributed by atoms with Crippen LogP contribution in [0.25, 0.3) is 0 Å². The fraction of sp³-hybridized carbons (Fsp3) is 0.471. The lowest BCUT2D eigenvalue weighted by Gasteiger charge is -2.32. The molecule has 0 saturated carbocycles. The van der Waals surface area contributed by atoms with Crippen LogP contribution in [-0.2, 0) is 11.2 Å². The maximum Gasteiger partial charge on any atom is 0.239 e. The van der Waals surface area contributed by atoms with E-state index in [1.165, 1.54) is 0 Å². The highest BCUT2D eigenvalue weighted by Gasteiger charge is 2.30. The second-order valence-corrected chi connectivity index (χ2v) is 6.10. The standard InChI is InChI=1S/C17H22N4O2.ClH/c1-12-19-16(23-20-12)14-8-5-9-21(11-14)17(22)15(18)10-13-6-3-2-4-7-13;/h2-4,6-7,14-15H,5,8-11,18H2,1H3;1H. The summed E-state index contributed by atoms with van der Waals surface area (Å²) in [5.41, 5.74) is 7.20. The number of aromatic nitrogens is 2. The molecule has 130 valence electrons. The number of hydrogen-bond donors (Lipinski definition) is 1. The first-order chi connectivity index (χ1) is 11.1. The minimum Gasteiger partial charge on any atom is -0.341 e. The summed E-state index contributed by atoms with van der Waals surface area (Å²) in [5, 5.41) is 3.84. The molecule has 0 aliphatic carbocycles. The van der Waals surface area contributed by atoms with Crippen LogP contribution < -0.4 is 5.73 Å². The van der Waals surface area contributed by atoms with E-state index in [1.807, 2.05) is 35.2 Å². The quantitative estimate of drug-likeness (QED) is 0.912. The largest absolute Gasteiger partial charge is 0.341 e. The van der Waals surface area contributed by atoms with Crippen molar-refractivity contribution in [2.75, 3.05) is 13.1 Å². The van der Waals surface area contributed by atoms with Crippen molar-refractivity contribution in [3.05, 3.63) is 47.6 Å². The van der Waals surface area contributed by atoms with Gasteiger partial charge in [-0.15, -0.1) is 12.4 Å². The van der Waals surface area contributed by atoms with Gasteiger partial charge in [-0.1, -0.05) is 35.5 Å². The lowest BCUT2D eigenvalue weighted by atomic mass is 9.96. The number of carbonyl (C=O) groups excluding carboxylic acids is 1. The minimum absolute atomic E-state index is 0. The molecule has 1 aromatic heterocycles. The molecule has 6 nitrogen and oxygen atoms in total. The van der Waals surface area contributed by atoms with Gasteiger partial charge >= 0.3 is 0 Å². The smallest absolute Gasteiger partial charge is 0.239 e. The lowest BCUT2D eigenvalue weighted by molar-refractivity contribution is -0.133. The van der Waals surface area contributed by atoms with Crippen molar-refractivity contribution in [1.82, 2.24) is 15.0 Å². The summed E-state index contributed by atoms with van der Waals surface area (Å²) in [6.07, 6.45) is 2.44. The molecule has 1 amide bonds. The highest BCUT2D eigenvalue weighted by atomic mass is 35.5. The number of amides is 1. The van der Waals surface area contributed by atoms with Gasteiger partial charge in [0.25, 0.3) is 0 Å². The summed E-state index contributed by atoms with van der Waals surface area (Å²) < 4.78 is 5.26. The van der Waals surface area contributed by atoms with Gasteiger partial charge in [0.1, 0.15) is 0 Å². The zero-order chi connectivity index (χ0) is 16.2. The number of carbonyl (C=O) groups is 1. The minimum atomic E-state index is -0.513. The SMILES string of the molecule is Cc1noc(C2CCCN(C(=O)C(N)Cc3ccccc3)C2)n1.Cl. The van der Waals surface area contributed by atoms with Crippen molar-refractivity contribution in [3.63, 3.8) is 0 Å². The molecule has 0 radical (unpaired) electrons. The predicted molar refractivity (Wildman–Crippen MR) is 93.0 cm³/mol. The zero-order valence-corrected chi connectivity index (χ0v) is 14.5. The molecule has 2 heterocycles. The van der Waals surface area contributed by atoms with Gasteiger partial charge in [-0.05, 0) is 31.7 Å². The molecule has 3 rings (SSSR count). The van der Waals surface area contributed by atoms with Crippen LogP contribution in [0.2, 0.25) is 0 Å². The lowest BCUT2D eigenvalue weighted by Crippen LogP contribution is -2.48.